The van der Waals surface area contributed by atoms with Gasteiger partial charge in [-0.2, -0.15) is 13.2 Å². The first-order valence-corrected chi connectivity index (χ1v) is 7.38. The summed E-state index contributed by atoms with van der Waals surface area (Å²) in [7, 11) is 0. The van der Waals surface area contributed by atoms with Crippen LogP contribution in [0.1, 0.15) is 24.9 Å². The lowest BCUT2D eigenvalue weighted by molar-refractivity contribution is -0.148. The van der Waals surface area contributed by atoms with Gasteiger partial charge in [-0.3, -0.25) is 4.90 Å². The highest BCUT2D eigenvalue weighted by molar-refractivity contribution is 5.85. The van der Waals surface area contributed by atoms with Crippen molar-refractivity contribution in [2.75, 3.05) is 32.8 Å². The molecule has 23 heavy (non-hydrogen) atoms. The van der Waals surface area contributed by atoms with Gasteiger partial charge in [-0.1, -0.05) is 6.07 Å². The molecule has 0 radical (unpaired) electrons. The zero-order valence-electron chi connectivity index (χ0n) is 12.9. The van der Waals surface area contributed by atoms with E-state index in [1.165, 1.54) is 18.2 Å². The lowest BCUT2D eigenvalue weighted by Crippen LogP contribution is -2.46. The third-order valence-corrected chi connectivity index (χ3v) is 3.69. The highest BCUT2D eigenvalue weighted by atomic mass is 35.5. The molecular weight excluding hydrogens is 333 g/mol. The van der Waals surface area contributed by atoms with Crippen molar-refractivity contribution in [3.8, 4) is 11.5 Å². The largest absolute Gasteiger partial charge is 0.504 e. The van der Waals surface area contributed by atoms with Crippen molar-refractivity contribution in [3.05, 3.63) is 23.8 Å². The van der Waals surface area contributed by atoms with Gasteiger partial charge in [0, 0.05) is 32.2 Å². The summed E-state index contributed by atoms with van der Waals surface area (Å²) in [6, 6.07) is 3.68. The van der Waals surface area contributed by atoms with Gasteiger partial charge < -0.3 is 15.2 Å². The summed E-state index contributed by atoms with van der Waals surface area (Å²) in [6.07, 6.45) is -5.16. The second-order valence-corrected chi connectivity index (χ2v) is 5.28. The summed E-state index contributed by atoms with van der Waals surface area (Å²) in [4.78, 5) is 1.83. The van der Waals surface area contributed by atoms with Gasteiger partial charge in [-0.15, -0.1) is 12.4 Å². The fourth-order valence-corrected chi connectivity index (χ4v) is 2.68. The highest BCUT2D eigenvalue weighted by Gasteiger charge is 2.36. The summed E-state index contributed by atoms with van der Waals surface area (Å²) in [5.41, 5.74) is 0.514. The van der Waals surface area contributed by atoms with E-state index in [2.05, 4.69) is 5.32 Å². The van der Waals surface area contributed by atoms with Crippen LogP contribution in [0.25, 0.3) is 0 Å². The van der Waals surface area contributed by atoms with Crippen molar-refractivity contribution in [2.45, 2.75) is 25.6 Å². The molecule has 0 spiro atoms. The highest BCUT2D eigenvalue weighted by Crippen LogP contribution is 2.37. The molecule has 0 bridgehead atoms. The number of hydrogen-bond donors (Lipinski definition) is 2. The number of aromatic hydroxyl groups is 1. The quantitative estimate of drug-likeness (QED) is 0.853. The minimum Gasteiger partial charge on any atom is -0.504 e. The van der Waals surface area contributed by atoms with Crippen LogP contribution in [0, 0.1) is 0 Å². The zero-order valence-corrected chi connectivity index (χ0v) is 13.7. The molecule has 0 saturated carbocycles. The smallest absolute Gasteiger partial charge is 0.390 e. The number of nitrogens with one attached hydrogen (secondary N) is 1. The molecule has 0 aliphatic carbocycles. The number of benzene rings is 1. The maximum absolute atomic E-state index is 13.0. The molecule has 1 fully saturated rings. The second kappa shape index (κ2) is 8.61. The van der Waals surface area contributed by atoms with Gasteiger partial charge in [-0.05, 0) is 24.6 Å². The number of hydrogen-bond acceptors (Lipinski definition) is 4. The molecule has 4 nitrogen and oxygen atoms in total. The van der Waals surface area contributed by atoms with Crippen molar-refractivity contribution >= 4 is 12.4 Å². The van der Waals surface area contributed by atoms with E-state index in [-0.39, 0.29) is 23.9 Å². The molecule has 132 valence electrons. The monoisotopic (exact) mass is 354 g/mol. The average Bonchev–Trinajstić information content (AvgIpc) is 2.47. The topological polar surface area (TPSA) is 44.7 Å². The molecule has 0 amide bonds. The molecular formula is C15H22ClF3N2O2. The molecule has 1 aliphatic heterocycles. The minimum atomic E-state index is -4.25. The second-order valence-electron chi connectivity index (χ2n) is 5.28. The first-order chi connectivity index (χ1) is 10.4. The zero-order chi connectivity index (χ0) is 16.2. The fraction of sp³-hybridized carbons (Fsp3) is 0.600. The number of ether oxygens (including phenoxy) is 1. The molecule has 0 unspecified atom stereocenters. The van der Waals surface area contributed by atoms with E-state index in [1.807, 2.05) is 4.90 Å². The van der Waals surface area contributed by atoms with Gasteiger partial charge in [0.1, 0.15) is 0 Å². The first-order valence-electron chi connectivity index (χ1n) is 7.38. The SMILES string of the molecule is CCOc1cc([C@@H](CC(F)(F)F)N2CCNCC2)ccc1O.Cl. The Labute approximate surface area is 140 Å². The Morgan fingerprint density at radius 1 is 1.30 bits per heavy atom. The van der Waals surface area contributed by atoms with Gasteiger partial charge in [0.05, 0.1) is 13.0 Å². The number of halogens is 4. The maximum atomic E-state index is 13.0. The average molecular weight is 355 g/mol. The number of alkyl halides is 3. The predicted octanol–water partition coefficient (Wildman–Crippen LogP) is 3.11. The van der Waals surface area contributed by atoms with E-state index in [1.54, 1.807) is 6.92 Å². The van der Waals surface area contributed by atoms with E-state index in [9.17, 15) is 18.3 Å². The van der Waals surface area contributed by atoms with Crippen molar-refractivity contribution in [1.82, 2.24) is 10.2 Å². The van der Waals surface area contributed by atoms with Crippen LogP contribution < -0.4 is 10.1 Å². The van der Waals surface area contributed by atoms with Crippen LogP contribution in [0.2, 0.25) is 0 Å². The van der Waals surface area contributed by atoms with Gasteiger partial charge >= 0.3 is 6.18 Å². The lowest BCUT2D eigenvalue weighted by atomic mass is 10.00. The Bertz CT molecular complexity index is 494. The molecule has 2 rings (SSSR count). The van der Waals surface area contributed by atoms with Crippen LogP contribution in [0.5, 0.6) is 11.5 Å². The number of nitrogens with zero attached hydrogens (tertiary/aromatic N) is 1. The number of rotatable bonds is 5. The molecule has 1 saturated heterocycles. The Morgan fingerprint density at radius 3 is 2.52 bits per heavy atom. The summed E-state index contributed by atoms with van der Waals surface area (Å²) in [5.74, 6) is 0.166. The molecule has 1 aliphatic rings. The standard InChI is InChI=1S/C15H21F3N2O2.ClH/c1-2-22-14-9-11(3-4-13(14)21)12(10-15(16,17)18)20-7-5-19-6-8-20;/h3-4,9,12,19,21H,2,5-8,10H2,1H3;1H/t12-;/m1./s1. The van der Waals surface area contributed by atoms with Gasteiger partial charge in [0.2, 0.25) is 0 Å². The molecule has 0 aromatic heterocycles. The van der Waals surface area contributed by atoms with Crippen LogP contribution in [-0.2, 0) is 0 Å². The molecule has 1 aromatic carbocycles. The van der Waals surface area contributed by atoms with E-state index in [0.29, 0.717) is 38.3 Å². The molecule has 1 heterocycles. The number of phenolic OH excluding ortho intramolecular Hbond substituents is 1. The lowest BCUT2D eigenvalue weighted by Gasteiger charge is -2.35. The summed E-state index contributed by atoms with van der Waals surface area (Å²) in [6.45, 7) is 4.57. The van der Waals surface area contributed by atoms with Crippen LogP contribution in [-0.4, -0.2) is 49.0 Å². The Morgan fingerprint density at radius 2 is 1.96 bits per heavy atom. The van der Waals surface area contributed by atoms with Crippen molar-refractivity contribution in [3.63, 3.8) is 0 Å². The Kier molecular flexibility index (Phi) is 7.44. The van der Waals surface area contributed by atoms with E-state index >= 15 is 0 Å². The molecule has 1 atom stereocenters. The van der Waals surface area contributed by atoms with Crippen molar-refractivity contribution in [1.29, 1.82) is 0 Å². The molecule has 8 heteroatoms. The van der Waals surface area contributed by atoms with Crippen LogP contribution in [0.3, 0.4) is 0 Å². The third kappa shape index (κ3) is 5.75. The van der Waals surface area contributed by atoms with Crippen molar-refractivity contribution in [2.24, 2.45) is 0 Å². The normalized spacial score (nSPS) is 17.4. The van der Waals surface area contributed by atoms with E-state index < -0.39 is 18.6 Å². The summed E-state index contributed by atoms with van der Waals surface area (Å²) >= 11 is 0. The van der Waals surface area contributed by atoms with Gasteiger partial charge in [0.25, 0.3) is 0 Å². The van der Waals surface area contributed by atoms with Crippen molar-refractivity contribution < 1.29 is 23.0 Å². The maximum Gasteiger partial charge on any atom is 0.390 e. The predicted molar refractivity (Wildman–Crippen MR) is 84.4 cm³/mol. The Hall–Kier alpha value is -1.18. The third-order valence-electron chi connectivity index (χ3n) is 3.69. The Balaban J connectivity index is 0.00000264. The summed E-state index contributed by atoms with van der Waals surface area (Å²) in [5, 5.41) is 12.9. The number of phenols is 1. The molecule has 1 aromatic rings. The number of piperazine rings is 1. The van der Waals surface area contributed by atoms with Gasteiger partial charge in [-0.25, -0.2) is 0 Å². The first kappa shape index (κ1) is 19.9. The van der Waals surface area contributed by atoms with Crippen LogP contribution >= 0.6 is 12.4 Å². The molecule has 2 N–H and O–H groups in total. The minimum absolute atomic E-state index is 0. The van der Waals surface area contributed by atoms with Crippen LogP contribution in [0.15, 0.2) is 18.2 Å². The van der Waals surface area contributed by atoms with E-state index in [0.717, 1.165) is 0 Å². The van der Waals surface area contributed by atoms with Gasteiger partial charge in [0.15, 0.2) is 11.5 Å². The fourth-order valence-electron chi connectivity index (χ4n) is 2.68. The summed E-state index contributed by atoms with van der Waals surface area (Å²) < 4.78 is 44.1. The van der Waals surface area contributed by atoms with Crippen LogP contribution in [0.4, 0.5) is 13.2 Å². The van der Waals surface area contributed by atoms with E-state index in [4.69, 9.17) is 4.74 Å².